The van der Waals surface area contributed by atoms with E-state index in [0.29, 0.717) is 16.8 Å². The summed E-state index contributed by atoms with van der Waals surface area (Å²) in [6.07, 6.45) is -0.401. The van der Waals surface area contributed by atoms with Crippen LogP contribution in [0, 0.1) is 5.82 Å². The highest BCUT2D eigenvalue weighted by Gasteiger charge is 2.11. The number of halogens is 1. The Kier molecular flexibility index (Phi) is 8.73. The van der Waals surface area contributed by atoms with Crippen molar-refractivity contribution in [2.45, 2.75) is 26.3 Å². The molecule has 0 bridgehead atoms. The second-order valence-electron chi connectivity index (χ2n) is 7.29. The number of hydrogen-bond donors (Lipinski definition) is 2. The first-order valence-corrected chi connectivity index (χ1v) is 10.8. The van der Waals surface area contributed by atoms with Gasteiger partial charge in [-0.2, -0.15) is 0 Å². The summed E-state index contributed by atoms with van der Waals surface area (Å²) >= 11 is 0. The first-order valence-electron chi connectivity index (χ1n) is 10.8. The predicted molar refractivity (Wildman–Crippen MR) is 125 cm³/mol. The average Bonchev–Trinajstić information content (AvgIpc) is 2.83. The fraction of sp³-hybridized carbons (Fsp3) is 0.192. The van der Waals surface area contributed by atoms with Crippen molar-refractivity contribution in [1.29, 1.82) is 0 Å². The van der Waals surface area contributed by atoms with E-state index in [-0.39, 0.29) is 49.4 Å². The van der Waals surface area contributed by atoms with Crippen LogP contribution in [0.3, 0.4) is 0 Å². The van der Waals surface area contributed by atoms with Gasteiger partial charge in [0.15, 0.2) is 0 Å². The summed E-state index contributed by atoms with van der Waals surface area (Å²) in [5.41, 5.74) is 2.15. The van der Waals surface area contributed by atoms with Crippen molar-refractivity contribution >= 4 is 23.7 Å². The van der Waals surface area contributed by atoms with Gasteiger partial charge in [-0.3, -0.25) is 9.59 Å². The van der Waals surface area contributed by atoms with Crippen molar-refractivity contribution in [2.24, 2.45) is 0 Å². The molecule has 34 heavy (non-hydrogen) atoms. The van der Waals surface area contributed by atoms with E-state index in [1.165, 1.54) is 30.3 Å². The van der Waals surface area contributed by atoms with Crippen molar-refractivity contribution in [1.82, 2.24) is 5.32 Å². The van der Waals surface area contributed by atoms with Crippen LogP contribution < -0.4 is 15.4 Å². The van der Waals surface area contributed by atoms with Gasteiger partial charge in [0, 0.05) is 24.2 Å². The summed E-state index contributed by atoms with van der Waals surface area (Å²) in [6.45, 7) is 2.06. The number of aryl methyl sites for hydroxylation is 1. The van der Waals surface area contributed by atoms with Gasteiger partial charge in [-0.15, -0.1) is 0 Å². The number of ether oxygens (including phenoxy) is 2. The highest BCUT2D eigenvalue weighted by Crippen LogP contribution is 2.17. The minimum atomic E-state index is -0.813. The molecule has 3 aromatic rings. The fourth-order valence-corrected chi connectivity index (χ4v) is 3.15. The largest absolute Gasteiger partial charge is 0.513 e. The first-order chi connectivity index (χ1) is 16.5. The zero-order valence-corrected chi connectivity index (χ0v) is 18.7. The van der Waals surface area contributed by atoms with Gasteiger partial charge in [0.05, 0.1) is 6.61 Å². The maximum absolute atomic E-state index is 13.8. The fourth-order valence-electron chi connectivity index (χ4n) is 3.15. The Morgan fingerprint density at radius 3 is 2.26 bits per heavy atom. The molecule has 0 aliphatic rings. The number of hydrogen-bond acceptors (Lipinski definition) is 5. The molecule has 2 amide bonds. The van der Waals surface area contributed by atoms with Crippen LogP contribution in [0.25, 0.3) is 0 Å². The van der Waals surface area contributed by atoms with Gasteiger partial charge < -0.3 is 20.1 Å². The lowest BCUT2D eigenvalue weighted by atomic mass is 10.1. The van der Waals surface area contributed by atoms with E-state index in [0.717, 1.165) is 5.56 Å². The standard InChI is InChI=1S/C26H25FN2O5/c1-2-33-26(32)34-21-14-11-19(12-15-21)25(31)28-17-20-8-4-6-10-23(20)29-24(30)16-13-18-7-3-5-9-22(18)27/h3-12,14-15H,2,13,16-17H2,1H3,(H,28,31)(H,29,30). The topological polar surface area (TPSA) is 93.7 Å². The van der Waals surface area contributed by atoms with Crippen molar-refractivity contribution in [3.05, 3.63) is 95.3 Å². The molecular weight excluding hydrogens is 439 g/mol. The second-order valence-corrected chi connectivity index (χ2v) is 7.29. The highest BCUT2D eigenvalue weighted by molar-refractivity contribution is 5.95. The molecule has 0 heterocycles. The van der Waals surface area contributed by atoms with Gasteiger partial charge in [-0.1, -0.05) is 36.4 Å². The van der Waals surface area contributed by atoms with Gasteiger partial charge >= 0.3 is 6.16 Å². The van der Waals surface area contributed by atoms with Crippen LogP contribution in [0.4, 0.5) is 14.9 Å². The molecule has 0 unspecified atom stereocenters. The van der Waals surface area contributed by atoms with Crippen LogP contribution >= 0.6 is 0 Å². The lowest BCUT2D eigenvalue weighted by Gasteiger charge is -2.12. The lowest BCUT2D eigenvalue weighted by Crippen LogP contribution is -2.24. The van der Waals surface area contributed by atoms with Crippen molar-refractivity contribution in [3.63, 3.8) is 0 Å². The molecule has 7 nitrogen and oxygen atoms in total. The summed E-state index contributed by atoms with van der Waals surface area (Å²) in [7, 11) is 0. The van der Waals surface area contributed by atoms with Crippen molar-refractivity contribution < 1.29 is 28.2 Å². The minimum Gasteiger partial charge on any atom is -0.434 e. The van der Waals surface area contributed by atoms with Crippen LogP contribution in [0.5, 0.6) is 5.75 Å². The number of carbonyl (C=O) groups is 3. The zero-order chi connectivity index (χ0) is 24.3. The summed E-state index contributed by atoms with van der Waals surface area (Å²) in [4.78, 5) is 36.3. The third-order valence-corrected chi connectivity index (χ3v) is 4.89. The minimum absolute atomic E-state index is 0.127. The molecule has 0 aliphatic heterocycles. The first kappa shape index (κ1) is 24.4. The SMILES string of the molecule is CCOC(=O)Oc1ccc(C(=O)NCc2ccccc2NC(=O)CCc2ccccc2F)cc1. The molecule has 0 fully saturated rings. The molecule has 3 rings (SSSR count). The highest BCUT2D eigenvalue weighted by atomic mass is 19.1. The summed E-state index contributed by atoms with van der Waals surface area (Å²) < 4.78 is 23.4. The molecule has 8 heteroatoms. The Balaban J connectivity index is 1.54. The van der Waals surface area contributed by atoms with Gasteiger partial charge in [0.1, 0.15) is 11.6 Å². The molecule has 0 saturated heterocycles. The van der Waals surface area contributed by atoms with E-state index >= 15 is 0 Å². The normalized spacial score (nSPS) is 10.3. The molecule has 0 spiro atoms. The Bertz CT molecular complexity index is 1150. The monoisotopic (exact) mass is 464 g/mol. The smallest absolute Gasteiger partial charge is 0.434 e. The summed E-state index contributed by atoms with van der Waals surface area (Å²) in [5, 5.41) is 5.63. The zero-order valence-electron chi connectivity index (χ0n) is 18.7. The Hall–Kier alpha value is -4.20. The van der Waals surface area contributed by atoms with Crippen LogP contribution in [0.15, 0.2) is 72.8 Å². The quantitative estimate of drug-likeness (QED) is 0.348. The molecule has 2 N–H and O–H groups in total. The van der Waals surface area contributed by atoms with Crippen LogP contribution in [0.1, 0.15) is 34.8 Å². The summed E-state index contributed by atoms with van der Waals surface area (Å²) in [5.74, 6) is -0.653. The van der Waals surface area contributed by atoms with Gasteiger partial charge in [0.2, 0.25) is 5.91 Å². The van der Waals surface area contributed by atoms with Crippen LogP contribution in [-0.2, 0) is 22.5 Å². The Morgan fingerprint density at radius 1 is 0.882 bits per heavy atom. The molecule has 0 aliphatic carbocycles. The number of nitrogens with one attached hydrogen (secondary N) is 2. The van der Waals surface area contributed by atoms with Crippen molar-refractivity contribution in [3.8, 4) is 5.75 Å². The molecule has 176 valence electrons. The van der Waals surface area contributed by atoms with Crippen LogP contribution in [-0.4, -0.2) is 24.6 Å². The molecule has 3 aromatic carbocycles. The number of amides is 2. The maximum atomic E-state index is 13.8. The molecular formula is C26H25FN2O5. The van der Waals surface area contributed by atoms with E-state index < -0.39 is 6.16 Å². The van der Waals surface area contributed by atoms with E-state index in [1.807, 2.05) is 0 Å². The van der Waals surface area contributed by atoms with E-state index in [1.54, 1.807) is 49.4 Å². The third-order valence-electron chi connectivity index (χ3n) is 4.89. The number of carbonyl (C=O) groups excluding carboxylic acids is 3. The second kappa shape index (κ2) is 12.2. The average molecular weight is 464 g/mol. The maximum Gasteiger partial charge on any atom is 0.513 e. The van der Waals surface area contributed by atoms with Gasteiger partial charge in [-0.25, -0.2) is 9.18 Å². The molecule has 0 saturated carbocycles. The van der Waals surface area contributed by atoms with Crippen LogP contribution in [0.2, 0.25) is 0 Å². The number of benzene rings is 3. The lowest BCUT2D eigenvalue weighted by molar-refractivity contribution is -0.116. The van der Waals surface area contributed by atoms with Crippen molar-refractivity contribution in [2.75, 3.05) is 11.9 Å². The number of rotatable bonds is 9. The predicted octanol–water partition coefficient (Wildman–Crippen LogP) is 4.86. The number of para-hydroxylation sites is 1. The van der Waals surface area contributed by atoms with E-state index in [9.17, 15) is 18.8 Å². The van der Waals surface area contributed by atoms with E-state index in [4.69, 9.17) is 9.47 Å². The third kappa shape index (κ3) is 7.16. The molecule has 0 aromatic heterocycles. The van der Waals surface area contributed by atoms with E-state index in [2.05, 4.69) is 10.6 Å². The molecule has 0 atom stereocenters. The molecule has 0 radical (unpaired) electrons. The Labute approximate surface area is 196 Å². The number of anilines is 1. The van der Waals surface area contributed by atoms with Gasteiger partial charge in [0.25, 0.3) is 5.91 Å². The van der Waals surface area contributed by atoms with Gasteiger partial charge in [-0.05, 0) is 60.9 Å². The summed E-state index contributed by atoms with van der Waals surface area (Å²) in [6, 6.07) is 19.5. The Morgan fingerprint density at radius 2 is 1.56 bits per heavy atom.